The van der Waals surface area contributed by atoms with Crippen LogP contribution in [0.25, 0.3) is 0 Å². The molecular weight excluding hydrogens is 492 g/mol. The van der Waals surface area contributed by atoms with Gasteiger partial charge >= 0.3 is 11.9 Å². The Morgan fingerprint density at radius 2 is 1.95 bits per heavy atom. The molecule has 0 spiro atoms. The minimum absolute atomic E-state index is 0.0132. The van der Waals surface area contributed by atoms with Gasteiger partial charge in [-0.3, -0.25) is 9.59 Å². The van der Waals surface area contributed by atoms with Gasteiger partial charge in [-0.05, 0) is 25.3 Å². The van der Waals surface area contributed by atoms with Crippen molar-refractivity contribution in [3.8, 4) is 11.5 Å². The highest BCUT2D eigenvalue weighted by molar-refractivity contribution is 5.98. The van der Waals surface area contributed by atoms with E-state index in [0.717, 1.165) is 18.4 Å². The van der Waals surface area contributed by atoms with E-state index in [1.54, 1.807) is 0 Å². The molecule has 1 aromatic carbocycles. The van der Waals surface area contributed by atoms with Crippen molar-refractivity contribution in [3.05, 3.63) is 53.9 Å². The highest BCUT2D eigenvalue weighted by Gasteiger charge is 2.35. The van der Waals surface area contributed by atoms with Crippen LogP contribution in [0.3, 0.4) is 0 Å². The average Bonchev–Trinajstić information content (AvgIpc) is 2.95. The quantitative estimate of drug-likeness (QED) is 0.365. The van der Waals surface area contributed by atoms with Gasteiger partial charge in [-0.1, -0.05) is 43.7 Å². The number of benzene rings is 1. The molecule has 0 radical (unpaired) electrons. The monoisotopic (exact) mass is 528 g/mol. The van der Waals surface area contributed by atoms with Crippen LogP contribution >= 0.6 is 0 Å². The molecule has 38 heavy (non-hydrogen) atoms. The zero-order valence-electron chi connectivity index (χ0n) is 22.3. The van der Waals surface area contributed by atoms with Gasteiger partial charge in [0.05, 0.1) is 13.2 Å². The molecule has 1 fully saturated rings. The summed E-state index contributed by atoms with van der Waals surface area (Å²) in [5, 5.41) is 2.70. The molecule has 1 aliphatic heterocycles. The van der Waals surface area contributed by atoms with E-state index in [0.29, 0.717) is 6.42 Å². The first-order chi connectivity index (χ1) is 18.3. The van der Waals surface area contributed by atoms with Crippen molar-refractivity contribution < 1.29 is 38.1 Å². The van der Waals surface area contributed by atoms with Crippen LogP contribution < -0.4 is 14.8 Å². The van der Waals surface area contributed by atoms with Crippen LogP contribution in [0.5, 0.6) is 11.5 Å². The number of nitrogens with zero attached hydrogens (tertiary/aromatic N) is 1. The number of esters is 2. The Hall–Kier alpha value is -3.66. The molecule has 10 nitrogen and oxygen atoms in total. The Morgan fingerprint density at radius 1 is 1.18 bits per heavy atom. The van der Waals surface area contributed by atoms with Crippen LogP contribution in [-0.4, -0.2) is 61.6 Å². The van der Waals surface area contributed by atoms with Gasteiger partial charge in [0.1, 0.15) is 12.1 Å². The van der Waals surface area contributed by atoms with E-state index in [2.05, 4.69) is 29.4 Å². The first kappa shape index (κ1) is 28.9. The third kappa shape index (κ3) is 7.92. The first-order valence-electron chi connectivity index (χ1n) is 12.8. The number of nitrogens with one attached hydrogen (secondary N) is 1. The summed E-state index contributed by atoms with van der Waals surface area (Å²) >= 11 is 0. The lowest BCUT2D eigenvalue weighted by molar-refractivity contribution is -0.154. The van der Waals surface area contributed by atoms with Crippen LogP contribution in [0.15, 0.2) is 42.6 Å². The molecule has 206 valence electrons. The largest absolute Gasteiger partial charge is 0.493 e. The first-order valence-corrected chi connectivity index (χ1v) is 12.8. The summed E-state index contributed by atoms with van der Waals surface area (Å²) in [7, 11) is 1.41. The van der Waals surface area contributed by atoms with Crippen LogP contribution in [0.2, 0.25) is 0 Å². The normalized spacial score (nSPS) is 21.7. The molecule has 1 saturated heterocycles. The Bertz CT molecular complexity index is 1080. The molecule has 2 aromatic rings. The SMILES string of the molecule is CCC[C@H]1OCC[C@H](NC(=O)c2nccc(OC)c2OCOC(C)=O)C(=O)O[C@@H](C)[C@@H]1Cc1ccccc1. The number of cyclic esters (lactones) is 1. The number of rotatable bonds is 10. The van der Waals surface area contributed by atoms with Crippen molar-refractivity contribution in [3.63, 3.8) is 0 Å². The fraction of sp³-hybridized carbons (Fsp3) is 0.500. The number of carbonyl (C=O) groups is 3. The molecule has 1 aromatic heterocycles. The van der Waals surface area contributed by atoms with E-state index < -0.39 is 36.8 Å². The lowest BCUT2D eigenvalue weighted by Crippen LogP contribution is -2.44. The van der Waals surface area contributed by atoms with Crippen LogP contribution in [0.4, 0.5) is 0 Å². The van der Waals surface area contributed by atoms with Gasteiger partial charge in [-0.25, -0.2) is 9.78 Å². The van der Waals surface area contributed by atoms with Gasteiger partial charge in [-0.15, -0.1) is 0 Å². The number of ether oxygens (including phenoxy) is 5. The van der Waals surface area contributed by atoms with E-state index in [4.69, 9.17) is 23.7 Å². The number of hydrogen-bond donors (Lipinski definition) is 1. The summed E-state index contributed by atoms with van der Waals surface area (Å²) in [4.78, 5) is 41.6. The summed E-state index contributed by atoms with van der Waals surface area (Å²) in [6.45, 7) is 5.03. The maximum atomic E-state index is 13.2. The topological polar surface area (TPSA) is 122 Å². The second-order valence-electron chi connectivity index (χ2n) is 9.10. The van der Waals surface area contributed by atoms with Gasteiger partial charge in [0, 0.05) is 38.1 Å². The zero-order chi connectivity index (χ0) is 27.5. The van der Waals surface area contributed by atoms with Crippen molar-refractivity contribution in [2.24, 2.45) is 5.92 Å². The molecule has 0 unspecified atom stereocenters. The van der Waals surface area contributed by atoms with Gasteiger partial charge in [-0.2, -0.15) is 0 Å². The number of carbonyl (C=O) groups excluding carboxylic acids is 3. The number of amides is 1. The smallest absolute Gasteiger partial charge is 0.329 e. The standard InChI is InChI=1S/C28H36N2O8/c1-5-9-23-21(16-20-10-7-6-8-11-20)18(2)38-28(33)22(13-15-35-23)30-27(32)25-26(37-17-36-19(3)31)24(34-4)12-14-29-25/h6-8,10-12,14,18,21-23H,5,9,13,15-17H2,1-4H3,(H,30,32)/t18-,21-,22-,23+/m0/s1. The Labute approximate surface area is 223 Å². The summed E-state index contributed by atoms with van der Waals surface area (Å²) in [5.74, 6) is -1.60. The lowest BCUT2D eigenvalue weighted by Gasteiger charge is -2.31. The van der Waals surface area contributed by atoms with Crippen molar-refractivity contribution in [1.29, 1.82) is 0 Å². The van der Waals surface area contributed by atoms with E-state index >= 15 is 0 Å². The minimum atomic E-state index is -0.961. The van der Waals surface area contributed by atoms with Gasteiger partial charge in [0.15, 0.2) is 17.2 Å². The summed E-state index contributed by atoms with van der Waals surface area (Å²) < 4.78 is 27.7. The molecule has 0 aliphatic carbocycles. The maximum absolute atomic E-state index is 13.2. The van der Waals surface area contributed by atoms with Crippen LogP contribution in [0, 0.1) is 5.92 Å². The highest BCUT2D eigenvalue weighted by atomic mass is 16.7. The van der Waals surface area contributed by atoms with Crippen molar-refractivity contribution in [2.45, 2.75) is 64.7 Å². The minimum Gasteiger partial charge on any atom is -0.493 e. The second kappa shape index (κ2) is 14.3. The summed E-state index contributed by atoms with van der Waals surface area (Å²) in [6.07, 6.45) is 3.52. The number of aromatic nitrogens is 1. The van der Waals surface area contributed by atoms with E-state index in [1.807, 2.05) is 25.1 Å². The maximum Gasteiger partial charge on any atom is 0.329 e. The van der Waals surface area contributed by atoms with Gasteiger partial charge in [0.25, 0.3) is 5.91 Å². The third-order valence-corrected chi connectivity index (χ3v) is 6.37. The Balaban J connectivity index is 1.77. The van der Waals surface area contributed by atoms with E-state index in [-0.39, 0.29) is 42.2 Å². The fourth-order valence-electron chi connectivity index (χ4n) is 4.42. The molecule has 1 aliphatic rings. The zero-order valence-corrected chi connectivity index (χ0v) is 22.3. The van der Waals surface area contributed by atoms with E-state index in [9.17, 15) is 14.4 Å². The third-order valence-electron chi connectivity index (χ3n) is 6.37. The molecule has 0 saturated carbocycles. The molecular formula is C28H36N2O8. The van der Waals surface area contributed by atoms with Crippen molar-refractivity contribution in [1.82, 2.24) is 10.3 Å². The van der Waals surface area contributed by atoms with Gasteiger partial charge in [0.2, 0.25) is 6.79 Å². The Morgan fingerprint density at radius 3 is 2.63 bits per heavy atom. The number of methoxy groups -OCH3 is 1. The van der Waals surface area contributed by atoms with Crippen molar-refractivity contribution >= 4 is 17.8 Å². The predicted octanol–water partition coefficient (Wildman–Crippen LogP) is 3.47. The molecule has 0 bridgehead atoms. The second-order valence-corrected chi connectivity index (χ2v) is 9.10. The molecule has 1 amide bonds. The van der Waals surface area contributed by atoms with Crippen molar-refractivity contribution in [2.75, 3.05) is 20.5 Å². The number of hydrogen-bond acceptors (Lipinski definition) is 9. The molecule has 10 heteroatoms. The van der Waals surface area contributed by atoms with Gasteiger partial charge < -0.3 is 29.0 Å². The molecule has 3 rings (SSSR count). The highest BCUT2D eigenvalue weighted by Crippen LogP contribution is 2.30. The number of pyridine rings is 1. The average molecular weight is 529 g/mol. The predicted molar refractivity (Wildman–Crippen MR) is 138 cm³/mol. The molecule has 2 heterocycles. The van der Waals surface area contributed by atoms with Crippen LogP contribution in [-0.2, 0) is 30.2 Å². The summed E-state index contributed by atoms with van der Waals surface area (Å²) in [6, 6.07) is 10.6. The summed E-state index contributed by atoms with van der Waals surface area (Å²) in [5.41, 5.74) is 1.02. The molecule has 4 atom stereocenters. The van der Waals surface area contributed by atoms with Crippen LogP contribution in [0.1, 0.15) is 56.1 Å². The lowest BCUT2D eigenvalue weighted by atomic mass is 9.87. The molecule has 1 N–H and O–H groups in total. The fourth-order valence-corrected chi connectivity index (χ4v) is 4.42. The van der Waals surface area contributed by atoms with E-state index in [1.165, 1.54) is 26.3 Å². The Kier molecular flexibility index (Phi) is 10.9.